The summed E-state index contributed by atoms with van der Waals surface area (Å²) in [6.07, 6.45) is 0.485. The number of amides is 2. The van der Waals surface area contributed by atoms with Crippen LogP contribution in [0.5, 0.6) is 5.75 Å². The van der Waals surface area contributed by atoms with Crippen molar-refractivity contribution in [1.82, 2.24) is 10.2 Å². The van der Waals surface area contributed by atoms with Gasteiger partial charge in [0.2, 0.25) is 0 Å². The highest BCUT2D eigenvalue weighted by atomic mass is 32.2. The highest BCUT2D eigenvalue weighted by Gasteiger charge is 2.32. The number of urea groups is 1. The molecule has 2 amide bonds. The lowest BCUT2D eigenvalue weighted by Crippen LogP contribution is -2.45. The van der Waals surface area contributed by atoms with Crippen molar-refractivity contribution >= 4 is 15.9 Å². The maximum atomic E-state index is 12.2. The van der Waals surface area contributed by atoms with E-state index in [1.807, 2.05) is 19.1 Å². The Morgan fingerprint density at radius 1 is 1.36 bits per heavy atom. The molecule has 0 saturated carbocycles. The van der Waals surface area contributed by atoms with Gasteiger partial charge in [0.25, 0.3) is 0 Å². The summed E-state index contributed by atoms with van der Waals surface area (Å²) >= 11 is 0. The topological polar surface area (TPSA) is 75.7 Å². The molecular formula is C18H28N2O4S. The molecule has 0 aromatic heterocycles. The van der Waals surface area contributed by atoms with Gasteiger partial charge in [0, 0.05) is 13.1 Å². The third-order valence-electron chi connectivity index (χ3n) is 4.47. The quantitative estimate of drug-likeness (QED) is 0.829. The number of carbonyl (C=O) groups excluding carboxylic acids is 1. The minimum absolute atomic E-state index is 0.0317. The van der Waals surface area contributed by atoms with Gasteiger partial charge >= 0.3 is 6.03 Å². The predicted octanol–water partition coefficient (Wildman–Crippen LogP) is 2.46. The Morgan fingerprint density at radius 3 is 2.60 bits per heavy atom. The standard InChI is InChI=1S/C18H28N2O4S/c1-13-6-7-16(15(10-13)18(2,3)4)24-12-19-17(21)20(5)14-8-9-25(22,23)11-14/h6-7,10,14H,8-9,11-12H2,1-5H3,(H,19,21). The number of nitrogens with zero attached hydrogens (tertiary/aromatic N) is 1. The van der Waals surface area contributed by atoms with Gasteiger partial charge in [-0.1, -0.05) is 38.5 Å². The Kier molecular flexibility index (Phi) is 5.66. The number of hydrogen-bond donors (Lipinski definition) is 1. The SMILES string of the molecule is Cc1ccc(OCNC(=O)N(C)C2CCS(=O)(=O)C2)c(C(C)(C)C)c1. The van der Waals surface area contributed by atoms with E-state index >= 15 is 0 Å². The van der Waals surface area contributed by atoms with Gasteiger partial charge in [-0.3, -0.25) is 0 Å². The predicted molar refractivity (Wildman–Crippen MR) is 98.7 cm³/mol. The molecule has 25 heavy (non-hydrogen) atoms. The van der Waals surface area contributed by atoms with E-state index in [-0.39, 0.29) is 35.7 Å². The molecule has 1 aliphatic rings. The monoisotopic (exact) mass is 368 g/mol. The number of aryl methyl sites for hydroxylation is 1. The Labute approximate surface area is 150 Å². The molecule has 1 heterocycles. The summed E-state index contributed by atoms with van der Waals surface area (Å²) in [5, 5.41) is 2.70. The highest BCUT2D eigenvalue weighted by molar-refractivity contribution is 7.91. The first-order chi connectivity index (χ1) is 11.5. The van der Waals surface area contributed by atoms with Crippen LogP contribution in [0.25, 0.3) is 0 Å². The van der Waals surface area contributed by atoms with E-state index in [9.17, 15) is 13.2 Å². The number of nitrogens with one attached hydrogen (secondary N) is 1. The highest BCUT2D eigenvalue weighted by Crippen LogP contribution is 2.32. The van der Waals surface area contributed by atoms with Crippen molar-refractivity contribution in [1.29, 1.82) is 0 Å². The number of benzene rings is 1. The normalized spacial score (nSPS) is 19.5. The van der Waals surface area contributed by atoms with Crippen molar-refractivity contribution in [2.75, 3.05) is 25.3 Å². The molecule has 1 unspecified atom stereocenters. The van der Waals surface area contributed by atoms with Crippen LogP contribution in [-0.2, 0) is 15.3 Å². The largest absolute Gasteiger partial charge is 0.473 e. The molecule has 1 atom stereocenters. The van der Waals surface area contributed by atoms with E-state index in [1.165, 1.54) is 4.90 Å². The average molecular weight is 368 g/mol. The van der Waals surface area contributed by atoms with Gasteiger partial charge in [0.1, 0.15) is 5.75 Å². The molecule has 140 valence electrons. The molecule has 0 spiro atoms. The third-order valence-corrected chi connectivity index (χ3v) is 6.22. The number of sulfone groups is 1. The van der Waals surface area contributed by atoms with Crippen LogP contribution in [0.1, 0.15) is 38.3 Å². The zero-order chi connectivity index (χ0) is 18.8. The molecule has 0 aliphatic carbocycles. The number of rotatable bonds is 4. The molecule has 1 aromatic carbocycles. The van der Waals surface area contributed by atoms with Crippen molar-refractivity contribution in [2.45, 2.75) is 45.6 Å². The van der Waals surface area contributed by atoms with E-state index in [0.717, 1.165) is 16.9 Å². The van der Waals surface area contributed by atoms with Crippen molar-refractivity contribution in [3.63, 3.8) is 0 Å². The zero-order valence-electron chi connectivity index (χ0n) is 15.6. The molecule has 1 saturated heterocycles. The van der Waals surface area contributed by atoms with Gasteiger partial charge in [0.05, 0.1) is 11.5 Å². The number of ether oxygens (including phenoxy) is 1. The Hall–Kier alpha value is -1.76. The second-order valence-corrected chi connectivity index (χ2v) is 9.92. The first-order valence-electron chi connectivity index (χ1n) is 8.44. The van der Waals surface area contributed by atoms with Crippen LogP contribution in [0, 0.1) is 6.92 Å². The maximum absolute atomic E-state index is 12.2. The van der Waals surface area contributed by atoms with Crippen molar-refractivity contribution in [2.24, 2.45) is 0 Å². The summed E-state index contributed by atoms with van der Waals surface area (Å²) in [6.45, 7) is 8.41. The maximum Gasteiger partial charge on any atom is 0.320 e. The van der Waals surface area contributed by atoms with Gasteiger partial charge < -0.3 is 15.0 Å². The smallest absolute Gasteiger partial charge is 0.320 e. The van der Waals surface area contributed by atoms with Gasteiger partial charge in [-0.05, 0) is 30.4 Å². The van der Waals surface area contributed by atoms with Crippen LogP contribution in [-0.4, -0.2) is 50.7 Å². The molecule has 1 aromatic rings. The van der Waals surface area contributed by atoms with E-state index in [0.29, 0.717) is 6.42 Å². The molecule has 7 heteroatoms. The second-order valence-electron chi connectivity index (χ2n) is 7.69. The first kappa shape index (κ1) is 19.6. The van der Waals surface area contributed by atoms with Gasteiger partial charge in [0.15, 0.2) is 16.6 Å². The molecule has 1 fully saturated rings. The van der Waals surface area contributed by atoms with Crippen LogP contribution < -0.4 is 10.1 Å². The van der Waals surface area contributed by atoms with Gasteiger partial charge in [-0.25, -0.2) is 13.2 Å². The van der Waals surface area contributed by atoms with Crippen LogP contribution >= 0.6 is 0 Å². The molecule has 1 aliphatic heterocycles. The summed E-state index contributed by atoms with van der Waals surface area (Å²) in [7, 11) is -1.40. The molecule has 1 N–H and O–H groups in total. The summed E-state index contributed by atoms with van der Waals surface area (Å²) in [4.78, 5) is 13.7. The first-order valence-corrected chi connectivity index (χ1v) is 10.3. The Morgan fingerprint density at radius 2 is 2.04 bits per heavy atom. The van der Waals surface area contributed by atoms with Gasteiger partial charge in [-0.2, -0.15) is 0 Å². The fraction of sp³-hybridized carbons (Fsp3) is 0.611. The van der Waals surface area contributed by atoms with E-state index in [2.05, 4.69) is 32.2 Å². The van der Waals surface area contributed by atoms with E-state index in [4.69, 9.17) is 4.74 Å². The fourth-order valence-electron chi connectivity index (χ4n) is 2.90. The second kappa shape index (κ2) is 7.23. The molecule has 0 radical (unpaired) electrons. The minimum Gasteiger partial charge on any atom is -0.473 e. The van der Waals surface area contributed by atoms with E-state index in [1.54, 1.807) is 7.05 Å². The van der Waals surface area contributed by atoms with Crippen molar-refractivity contribution in [3.8, 4) is 5.75 Å². The van der Waals surface area contributed by atoms with Crippen LogP contribution in [0.2, 0.25) is 0 Å². The van der Waals surface area contributed by atoms with Gasteiger partial charge in [-0.15, -0.1) is 0 Å². The summed E-state index contributed by atoms with van der Waals surface area (Å²) in [5.74, 6) is 0.915. The van der Waals surface area contributed by atoms with Crippen LogP contribution in [0.3, 0.4) is 0 Å². The average Bonchev–Trinajstić information content (AvgIpc) is 2.87. The minimum atomic E-state index is -3.02. The zero-order valence-corrected chi connectivity index (χ0v) is 16.4. The van der Waals surface area contributed by atoms with Crippen LogP contribution in [0.4, 0.5) is 4.79 Å². The summed E-state index contributed by atoms with van der Waals surface area (Å²) in [5.41, 5.74) is 2.17. The third kappa shape index (κ3) is 5.11. The summed E-state index contributed by atoms with van der Waals surface area (Å²) < 4.78 is 28.9. The lowest BCUT2D eigenvalue weighted by atomic mass is 9.85. The number of carbonyl (C=O) groups is 1. The summed E-state index contributed by atoms with van der Waals surface area (Å²) in [6, 6.07) is 5.38. The fourth-order valence-corrected chi connectivity index (χ4v) is 4.68. The Balaban J connectivity index is 1.94. The molecular weight excluding hydrogens is 340 g/mol. The number of hydrogen-bond acceptors (Lipinski definition) is 4. The lowest BCUT2D eigenvalue weighted by Gasteiger charge is -2.25. The molecule has 0 bridgehead atoms. The lowest BCUT2D eigenvalue weighted by molar-refractivity contribution is 0.181. The van der Waals surface area contributed by atoms with E-state index < -0.39 is 9.84 Å². The Bertz CT molecular complexity index is 738. The van der Waals surface area contributed by atoms with Crippen LogP contribution in [0.15, 0.2) is 18.2 Å². The van der Waals surface area contributed by atoms with Crippen molar-refractivity contribution < 1.29 is 17.9 Å². The van der Waals surface area contributed by atoms with Crippen molar-refractivity contribution in [3.05, 3.63) is 29.3 Å². The molecule has 6 nitrogen and oxygen atoms in total. The molecule has 2 rings (SSSR count).